The summed E-state index contributed by atoms with van der Waals surface area (Å²) in [5, 5.41) is 9.20. The number of nitrogens with zero attached hydrogens (tertiary/aromatic N) is 1. The third-order valence-electron chi connectivity index (χ3n) is 2.62. The molecule has 0 spiro atoms. The lowest BCUT2D eigenvalue weighted by Gasteiger charge is -2.32. The smallest absolute Gasteiger partial charge is 0.192 e. The maximum atomic E-state index is 9.20. The molecule has 2 atom stereocenters. The van der Waals surface area contributed by atoms with Gasteiger partial charge in [0.25, 0.3) is 0 Å². The highest BCUT2D eigenvalue weighted by atomic mass is 28.4. The van der Waals surface area contributed by atoms with Crippen molar-refractivity contribution in [3.05, 3.63) is 29.8 Å². The Morgan fingerprint density at radius 3 is 2.71 bits per heavy atom. The summed E-state index contributed by atoms with van der Waals surface area (Å²) >= 11 is 0. The van der Waals surface area contributed by atoms with E-state index in [1.807, 2.05) is 24.3 Å². The molecule has 90 valence electrons. The van der Waals surface area contributed by atoms with Gasteiger partial charge in [0.2, 0.25) is 0 Å². The van der Waals surface area contributed by atoms with Crippen molar-refractivity contribution >= 4 is 8.32 Å². The van der Waals surface area contributed by atoms with Gasteiger partial charge in [-0.05, 0) is 25.7 Å². The lowest BCUT2D eigenvalue weighted by molar-refractivity contribution is -0.0194. The Morgan fingerprint density at radius 2 is 2.06 bits per heavy atom. The Bertz CT molecular complexity index is 447. The molecular formula is C13H17NO2Si. The zero-order chi connectivity index (χ0) is 12.5. The van der Waals surface area contributed by atoms with Gasteiger partial charge in [-0.2, -0.15) is 5.26 Å². The van der Waals surface area contributed by atoms with Crippen molar-refractivity contribution in [3.63, 3.8) is 0 Å². The summed E-state index contributed by atoms with van der Waals surface area (Å²) in [5.74, 6) is 0.662. The number of hydrogen-bond acceptors (Lipinski definition) is 3. The number of fused-ring (bicyclic) bond motifs is 1. The van der Waals surface area contributed by atoms with E-state index in [2.05, 4.69) is 25.7 Å². The Hall–Kier alpha value is -1.31. The fourth-order valence-corrected chi connectivity index (χ4v) is 2.91. The van der Waals surface area contributed by atoms with Crippen molar-refractivity contribution < 1.29 is 9.16 Å². The summed E-state index contributed by atoms with van der Waals surface area (Å²) < 4.78 is 11.7. The average molecular weight is 247 g/mol. The fourth-order valence-electron chi connectivity index (χ4n) is 1.97. The van der Waals surface area contributed by atoms with E-state index in [1.54, 1.807) is 0 Å². The van der Waals surface area contributed by atoms with E-state index in [9.17, 15) is 5.26 Å². The van der Waals surface area contributed by atoms with Gasteiger partial charge in [0, 0.05) is 12.0 Å². The average Bonchev–Trinajstić information content (AvgIpc) is 2.25. The zero-order valence-corrected chi connectivity index (χ0v) is 11.4. The van der Waals surface area contributed by atoms with E-state index < -0.39 is 8.32 Å². The van der Waals surface area contributed by atoms with E-state index in [4.69, 9.17) is 9.16 Å². The van der Waals surface area contributed by atoms with Gasteiger partial charge in [0.15, 0.2) is 14.6 Å². The first-order chi connectivity index (χ1) is 7.99. The molecule has 2 rings (SSSR count). The molecule has 4 heteroatoms. The van der Waals surface area contributed by atoms with Gasteiger partial charge in [0.1, 0.15) is 5.75 Å². The van der Waals surface area contributed by atoms with Crippen LogP contribution in [-0.2, 0) is 4.43 Å². The summed E-state index contributed by atoms with van der Waals surface area (Å²) in [5.41, 5.74) is 0.977. The van der Waals surface area contributed by atoms with Crippen molar-refractivity contribution in [1.82, 2.24) is 0 Å². The van der Waals surface area contributed by atoms with E-state index >= 15 is 0 Å². The molecule has 1 aromatic rings. The van der Waals surface area contributed by atoms with Gasteiger partial charge in [-0.3, -0.25) is 0 Å². The summed E-state index contributed by atoms with van der Waals surface area (Å²) in [4.78, 5) is 0. The van der Waals surface area contributed by atoms with Crippen LogP contribution in [0.3, 0.4) is 0 Å². The molecule has 0 saturated carbocycles. The number of para-hydroxylation sites is 1. The summed E-state index contributed by atoms with van der Waals surface area (Å²) in [7, 11) is -1.64. The maximum Gasteiger partial charge on any atom is 0.192 e. The third kappa shape index (κ3) is 2.87. The van der Waals surface area contributed by atoms with Gasteiger partial charge >= 0.3 is 0 Å². The predicted octanol–water partition coefficient (Wildman–Crippen LogP) is 3.25. The van der Waals surface area contributed by atoms with Crippen LogP contribution in [-0.4, -0.2) is 14.6 Å². The Labute approximate surface area is 103 Å². The van der Waals surface area contributed by atoms with Crippen LogP contribution in [0.5, 0.6) is 5.75 Å². The second-order valence-corrected chi connectivity index (χ2v) is 9.69. The topological polar surface area (TPSA) is 42.2 Å². The zero-order valence-electron chi connectivity index (χ0n) is 10.4. The minimum atomic E-state index is -1.64. The van der Waals surface area contributed by atoms with E-state index in [1.165, 1.54) is 0 Å². The molecule has 1 aliphatic rings. The molecular weight excluding hydrogens is 230 g/mol. The first-order valence-corrected chi connectivity index (χ1v) is 9.23. The van der Waals surface area contributed by atoms with Gasteiger partial charge in [-0.25, -0.2) is 0 Å². The lowest BCUT2D eigenvalue weighted by atomic mass is 9.94. The fraction of sp³-hybridized carbons (Fsp3) is 0.462. The Morgan fingerprint density at radius 1 is 1.35 bits per heavy atom. The second kappa shape index (κ2) is 4.51. The largest absolute Gasteiger partial charge is 0.466 e. The Balaban J connectivity index is 2.22. The first-order valence-electron chi connectivity index (χ1n) is 5.82. The highest BCUT2D eigenvalue weighted by Gasteiger charge is 2.31. The first kappa shape index (κ1) is 12.2. The minimum absolute atomic E-state index is 0.124. The molecule has 2 unspecified atom stereocenters. The highest BCUT2D eigenvalue weighted by Crippen LogP contribution is 2.36. The molecule has 0 saturated heterocycles. The van der Waals surface area contributed by atoms with Crippen LogP contribution < -0.4 is 4.74 Å². The van der Waals surface area contributed by atoms with Crippen molar-refractivity contribution in [1.29, 1.82) is 5.26 Å². The van der Waals surface area contributed by atoms with E-state index in [0.717, 1.165) is 11.3 Å². The summed E-state index contributed by atoms with van der Waals surface area (Å²) in [6.45, 7) is 6.37. The number of benzene rings is 1. The van der Waals surface area contributed by atoms with Crippen LogP contribution in [0.25, 0.3) is 0 Å². The van der Waals surface area contributed by atoms with E-state index in [0.29, 0.717) is 6.42 Å². The van der Waals surface area contributed by atoms with Crippen LogP contribution >= 0.6 is 0 Å². The van der Waals surface area contributed by atoms with Gasteiger partial charge in [-0.15, -0.1) is 0 Å². The highest BCUT2D eigenvalue weighted by molar-refractivity contribution is 6.69. The maximum absolute atomic E-state index is 9.20. The van der Waals surface area contributed by atoms with Gasteiger partial charge in [-0.1, -0.05) is 18.2 Å². The van der Waals surface area contributed by atoms with Crippen LogP contribution in [0.2, 0.25) is 19.6 Å². The minimum Gasteiger partial charge on any atom is -0.466 e. The molecule has 0 bridgehead atoms. The van der Waals surface area contributed by atoms with Gasteiger partial charge in [0.05, 0.1) is 12.0 Å². The van der Waals surface area contributed by atoms with Gasteiger partial charge < -0.3 is 9.16 Å². The molecule has 0 amide bonds. The molecule has 3 nitrogen and oxygen atoms in total. The molecule has 0 fully saturated rings. The van der Waals surface area contributed by atoms with Crippen molar-refractivity contribution in [2.24, 2.45) is 0 Å². The molecule has 1 aromatic carbocycles. The summed E-state index contributed by atoms with van der Waals surface area (Å²) in [6.07, 6.45) is 0.346. The number of nitriles is 1. The molecule has 0 radical (unpaired) electrons. The van der Waals surface area contributed by atoms with E-state index in [-0.39, 0.29) is 12.2 Å². The molecule has 17 heavy (non-hydrogen) atoms. The molecule has 1 heterocycles. The number of hydrogen-bond donors (Lipinski definition) is 0. The number of rotatable bonds is 2. The van der Waals surface area contributed by atoms with Crippen molar-refractivity contribution in [2.75, 3.05) is 0 Å². The Kier molecular flexibility index (Phi) is 3.23. The third-order valence-corrected chi connectivity index (χ3v) is 3.59. The normalized spacial score (nSPS) is 23.4. The molecule has 0 aromatic heterocycles. The molecule has 1 aliphatic heterocycles. The molecule has 0 N–H and O–H groups in total. The van der Waals surface area contributed by atoms with Crippen molar-refractivity contribution in [2.45, 2.75) is 38.3 Å². The van der Waals surface area contributed by atoms with Crippen LogP contribution in [0.1, 0.15) is 17.9 Å². The molecule has 0 aliphatic carbocycles. The van der Waals surface area contributed by atoms with Crippen molar-refractivity contribution in [3.8, 4) is 11.8 Å². The monoisotopic (exact) mass is 247 g/mol. The SMILES string of the molecule is C[Si](C)(C)OC1CC(C#N)c2ccccc2O1. The number of ether oxygens (including phenoxy) is 1. The lowest BCUT2D eigenvalue weighted by Crippen LogP contribution is -2.38. The summed E-state index contributed by atoms with van der Waals surface area (Å²) in [6, 6.07) is 10.0. The van der Waals surface area contributed by atoms with Crippen LogP contribution in [0.15, 0.2) is 24.3 Å². The van der Waals surface area contributed by atoms with Crippen LogP contribution in [0, 0.1) is 11.3 Å². The second-order valence-electron chi connectivity index (χ2n) is 5.23. The standard InChI is InChI=1S/C13H17NO2Si/c1-17(2,3)16-13-8-10(9-14)11-6-4-5-7-12(11)15-13/h4-7,10,13H,8H2,1-3H3. The predicted molar refractivity (Wildman–Crippen MR) is 68.3 cm³/mol. The van der Waals surface area contributed by atoms with Crippen LogP contribution in [0.4, 0.5) is 0 Å². The quantitative estimate of drug-likeness (QED) is 0.753.